The van der Waals surface area contributed by atoms with Crippen LogP contribution in [0, 0.1) is 0 Å². The largest absolute Gasteiger partial charge is 0.326 e. The Hall–Kier alpha value is -2.71. The van der Waals surface area contributed by atoms with Gasteiger partial charge in [-0.05, 0) is 43.3 Å². The van der Waals surface area contributed by atoms with Gasteiger partial charge in [-0.15, -0.1) is 0 Å². The maximum Gasteiger partial charge on any atom is 0.242 e. The molecule has 0 spiro atoms. The molecule has 0 unspecified atom stereocenters. The van der Waals surface area contributed by atoms with E-state index in [1.807, 2.05) is 25.1 Å². The highest BCUT2D eigenvalue weighted by atomic mass is 32.2. The van der Waals surface area contributed by atoms with Crippen LogP contribution < -0.4 is 14.9 Å². The summed E-state index contributed by atoms with van der Waals surface area (Å²) in [5, 5.41) is 2.56. The van der Waals surface area contributed by atoms with Crippen LogP contribution in [-0.2, 0) is 19.6 Å². The van der Waals surface area contributed by atoms with E-state index in [-0.39, 0.29) is 23.3 Å². The third kappa shape index (κ3) is 5.14. The smallest absolute Gasteiger partial charge is 0.242 e. The van der Waals surface area contributed by atoms with Crippen LogP contribution in [0.1, 0.15) is 13.8 Å². The van der Waals surface area contributed by atoms with Crippen LogP contribution in [0.15, 0.2) is 59.5 Å². The molecule has 0 saturated carbocycles. The third-order valence-corrected chi connectivity index (χ3v) is 5.00. The predicted molar refractivity (Wildman–Crippen MR) is 100 cm³/mol. The Labute approximate surface area is 153 Å². The zero-order valence-corrected chi connectivity index (χ0v) is 15.4. The van der Waals surface area contributed by atoms with Crippen LogP contribution in [0.3, 0.4) is 0 Å². The molecule has 0 aliphatic heterocycles. The van der Waals surface area contributed by atoms with Crippen LogP contribution in [0.25, 0.3) is 0 Å². The van der Waals surface area contributed by atoms with Gasteiger partial charge in [0.05, 0.1) is 11.4 Å². The van der Waals surface area contributed by atoms with Crippen LogP contribution in [0.2, 0.25) is 0 Å². The van der Waals surface area contributed by atoms with E-state index in [1.54, 1.807) is 12.1 Å². The molecule has 26 heavy (non-hydrogen) atoms. The number of anilines is 2. The molecule has 0 aliphatic carbocycles. The van der Waals surface area contributed by atoms with Crippen LogP contribution in [0.5, 0.6) is 0 Å². The van der Waals surface area contributed by atoms with Crippen LogP contribution in [0.4, 0.5) is 11.4 Å². The highest BCUT2D eigenvalue weighted by Gasteiger charge is 2.19. The number of rotatable bonds is 7. The fraction of sp³-hybridized carbons (Fsp3) is 0.222. The average Bonchev–Trinajstić information content (AvgIpc) is 2.61. The number of para-hydroxylation sites is 1. The lowest BCUT2D eigenvalue weighted by molar-refractivity contribution is -0.117. The highest BCUT2D eigenvalue weighted by molar-refractivity contribution is 7.89. The second-order valence-corrected chi connectivity index (χ2v) is 7.27. The second-order valence-electron chi connectivity index (χ2n) is 5.50. The Balaban J connectivity index is 2.04. The Kier molecular flexibility index (Phi) is 6.48. The molecule has 0 heterocycles. The topological polar surface area (TPSA) is 95.6 Å². The van der Waals surface area contributed by atoms with Crippen LogP contribution >= 0.6 is 0 Å². The standard InChI is InChI=1S/C18H21N3O4S/c1-3-21(16-7-5-4-6-8-16)18(23)13-19-26(24,25)17-11-9-15(10-12-17)20-14(2)22/h4-12,19H,3,13H2,1-2H3,(H,20,22). The van der Waals surface area contributed by atoms with Gasteiger partial charge in [0.15, 0.2) is 0 Å². The quantitative estimate of drug-likeness (QED) is 0.773. The summed E-state index contributed by atoms with van der Waals surface area (Å²) in [6.45, 7) is 3.26. The molecule has 2 amide bonds. The van der Waals surface area contributed by atoms with E-state index in [2.05, 4.69) is 10.0 Å². The van der Waals surface area contributed by atoms with Gasteiger partial charge in [0.1, 0.15) is 0 Å². The fourth-order valence-corrected chi connectivity index (χ4v) is 3.34. The molecule has 0 fully saturated rings. The first kappa shape index (κ1) is 19.6. The van der Waals surface area contributed by atoms with Crippen molar-refractivity contribution in [1.29, 1.82) is 0 Å². The number of nitrogens with zero attached hydrogens (tertiary/aromatic N) is 1. The van der Waals surface area contributed by atoms with E-state index in [0.717, 1.165) is 0 Å². The van der Waals surface area contributed by atoms with Gasteiger partial charge in [0.2, 0.25) is 21.8 Å². The maximum absolute atomic E-state index is 12.4. The number of carbonyl (C=O) groups excluding carboxylic acids is 2. The molecule has 2 aromatic carbocycles. The van der Waals surface area contributed by atoms with Crippen molar-refractivity contribution in [2.45, 2.75) is 18.7 Å². The lowest BCUT2D eigenvalue weighted by Crippen LogP contribution is -2.40. The molecule has 0 aromatic heterocycles. The number of benzene rings is 2. The molecule has 0 saturated heterocycles. The molecule has 0 bridgehead atoms. The Morgan fingerprint density at radius 1 is 1.00 bits per heavy atom. The third-order valence-electron chi connectivity index (χ3n) is 3.58. The minimum Gasteiger partial charge on any atom is -0.326 e. The van der Waals surface area contributed by atoms with Gasteiger partial charge in [-0.3, -0.25) is 9.59 Å². The van der Waals surface area contributed by atoms with Crippen molar-refractivity contribution in [3.8, 4) is 0 Å². The maximum atomic E-state index is 12.4. The van der Waals surface area contributed by atoms with Crippen molar-refractivity contribution in [2.24, 2.45) is 0 Å². The molecular formula is C18H21N3O4S. The van der Waals surface area contributed by atoms with Crippen molar-refractivity contribution in [3.05, 3.63) is 54.6 Å². The summed E-state index contributed by atoms with van der Waals surface area (Å²) in [7, 11) is -3.83. The summed E-state index contributed by atoms with van der Waals surface area (Å²) in [6, 6.07) is 14.8. The zero-order valence-electron chi connectivity index (χ0n) is 14.6. The first-order valence-corrected chi connectivity index (χ1v) is 9.54. The Morgan fingerprint density at radius 3 is 2.15 bits per heavy atom. The normalized spacial score (nSPS) is 11.0. The highest BCUT2D eigenvalue weighted by Crippen LogP contribution is 2.15. The SMILES string of the molecule is CCN(C(=O)CNS(=O)(=O)c1ccc(NC(C)=O)cc1)c1ccccc1. The van der Waals surface area contributed by atoms with Crippen molar-refractivity contribution in [3.63, 3.8) is 0 Å². The van der Waals surface area contributed by atoms with Gasteiger partial charge in [0.25, 0.3) is 0 Å². The summed E-state index contributed by atoms with van der Waals surface area (Å²) >= 11 is 0. The van der Waals surface area contributed by atoms with E-state index in [4.69, 9.17) is 0 Å². The van der Waals surface area contributed by atoms with Crippen molar-refractivity contribution >= 4 is 33.2 Å². The lowest BCUT2D eigenvalue weighted by Gasteiger charge is -2.21. The first-order chi connectivity index (χ1) is 12.3. The fourth-order valence-electron chi connectivity index (χ4n) is 2.37. The van der Waals surface area contributed by atoms with Gasteiger partial charge < -0.3 is 10.2 Å². The molecule has 2 aromatic rings. The Bertz CT molecular complexity index is 865. The minimum absolute atomic E-state index is 0.0159. The summed E-state index contributed by atoms with van der Waals surface area (Å²) in [5.74, 6) is -0.595. The molecule has 7 nitrogen and oxygen atoms in total. The monoisotopic (exact) mass is 375 g/mol. The van der Waals surface area contributed by atoms with E-state index in [9.17, 15) is 18.0 Å². The van der Waals surface area contributed by atoms with E-state index in [0.29, 0.717) is 17.9 Å². The van der Waals surface area contributed by atoms with E-state index < -0.39 is 10.0 Å². The van der Waals surface area contributed by atoms with Crippen molar-refractivity contribution in [2.75, 3.05) is 23.3 Å². The number of likely N-dealkylation sites (N-methyl/N-ethyl adjacent to an activating group) is 1. The van der Waals surface area contributed by atoms with Gasteiger partial charge >= 0.3 is 0 Å². The predicted octanol–water partition coefficient (Wildman–Crippen LogP) is 1.98. The molecule has 0 aliphatic rings. The lowest BCUT2D eigenvalue weighted by atomic mass is 10.3. The summed E-state index contributed by atoms with van der Waals surface area (Å²) in [6.07, 6.45) is 0. The molecule has 2 N–H and O–H groups in total. The number of nitrogens with one attached hydrogen (secondary N) is 2. The summed E-state index contributed by atoms with van der Waals surface area (Å²) in [5.41, 5.74) is 1.20. The number of amides is 2. The summed E-state index contributed by atoms with van der Waals surface area (Å²) < 4.78 is 27.0. The van der Waals surface area contributed by atoms with Crippen molar-refractivity contribution < 1.29 is 18.0 Å². The number of sulfonamides is 1. The van der Waals surface area contributed by atoms with Gasteiger partial charge in [-0.25, -0.2) is 13.1 Å². The van der Waals surface area contributed by atoms with E-state index >= 15 is 0 Å². The van der Waals surface area contributed by atoms with E-state index in [1.165, 1.54) is 36.1 Å². The number of hydrogen-bond acceptors (Lipinski definition) is 4. The zero-order chi connectivity index (χ0) is 19.2. The number of carbonyl (C=O) groups is 2. The van der Waals surface area contributed by atoms with Crippen LogP contribution in [-0.4, -0.2) is 33.3 Å². The molecular weight excluding hydrogens is 354 g/mol. The molecule has 2 rings (SSSR count). The van der Waals surface area contributed by atoms with Gasteiger partial charge in [0, 0.05) is 24.8 Å². The minimum atomic E-state index is -3.83. The number of hydrogen-bond donors (Lipinski definition) is 2. The van der Waals surface area contributed by atoms with Gasteiger partial charge in [-0.1, -0.05) is 18.2 Å². The average molecular weight is 375 g/mol. The molecule has 0 atom stereocenters. The Morgan fingerprint density at radius 2 is 1.62 bits per heavy atom. The first-order valence-electron chi connectivity index (χ1n) is 8.06. The molecule has 138 valence electrons. The van der Waals surface area contributed by atoms with Crippen molar-refractivity contribution in [1.82, 2.24) is 4.72 Å². The second kappa shape index (κ2) is 8.59. The molecule has 8 heteroatoms. The molecule has 0 radical (unpaired) electrons. The van der Waals surface area contributed by atoms with Gasteiger partial charge in [-0.2, -0.15) is 0 Å². The summed E-state index contributed by atoms with van der Waals surface area (Å²) in [4.78, 5) is 24.9.